The van der Waals surface area contributed by atoms with E-state index in [4.69, 9.17) is 5.11 Å². The Morgan fingerprint density at radius 1 is 1.50 bits per heavy atom. The molecule has 2 atom stereocenters. The molecule has 58 valence electrons. The van der Waals surface area contributed by atoms with E-state index in [1.165, 1.54) is 6.42 Å². The summed E-state index contributed by atoms with van der Waals surface area (Å²) in [5.74, 6) is 0. The van der Waals surface area contributed by atoms with Crippen LogP contribution < -0.4 is 5.32 Å². The predicted molar refractivity (Wildman–Crippen MR) is 41.8 cm³/mol. The molecule has 1 saturated heterocycles. The largest absolute Gasteiger partial charge is 0.395 e. The van der Waals surface area contributed by atoms with Crippen molar-refractivity contribution in [3.05, 3.63) is 12.7 Å². The van der Waals surface area contributed by atoms with E-state index >= 15 is 0 Å². The molecule has 1 aliphatic rings. The van der Waals surface area contributed by atoms with Crippen LogP contribution in [0.1, 0.15) is 19.3 Å². The van der Waals surface area contributed by atoms with Gasteiger partial charge in [-0.2, -0.15) is 0 Å². The molecule has 0 saturated carbocycles. The molecule has 0 unspecified atom stereocenters. The minimum atomic E-state index is 0.271. The maximum atomic E-state index is 8.76. The molecular weight excluding hydrogens is 126 g/mol. The van der Waals surface area contributed by atoms with Crippen molar-refractivity contribution < 1.29 is 5.11 Å². The second-order valence-electron chi connectivity index (χ2n) is 2.84. The lowest BCUT2D eigenvalue weighted by Crippen LogP contribution is -2.31. The Morgan fingerprint density at radius 3 is 2.70 bits per heavy atom. The van der Waals surface area contributed by atoms with E-state index in [-0.39, 0.29) is 6.61 Å². The summed E-state index contributed by atoms with van der Waals surface area (Å²) in [5.41, 5.74) is 0. The van der Waals surface area contributed by atoms with Gasteiger partial charge in [0.15, 0.2) is 0 Å². The minimum absolute atomic E-state index is 0.271. The van der Waals surface area contributed by atoms with Crippen molar-refractivity contribution in [2.75, 3.05) is 6.61 Å². The highest BCUT2D eigenvalue weighted by Gasteiger charge is 2.20. The molecule has 2 nitrogen and oxygen atoms in total. The van der Waals surface area contributed by atoms with Crippen molar-refractivity contribution in [3.8, 4) is 0 Å². The number of aliphatic hydroxyl groups is 1. The van der Waals surface area contributed by atoms with Gasteiger partial charge in [-0.1, -0.05) is 6.08 Å². The molecule has 1 fully saturated rings. The van der Waals surface area contributed by atoms with Gasteiger partial charge in [0.25, 0.3) is 0 Å². The van der Waals surface area contributed by atoms with E-state index in [0.29, 0.717) is 12.1 Å². The van der Waals surface area contributed by atoms with E-state index in [9.17, 15) is 0 Å². The Bertz CT molecular complexity index is 114. The summed E-state index contributed by atoms with van der Waals surface area (Å²) in [5, 5.41) is 12.1. The van der Waals surface area contributed by atoms with E-state index < -0.39 is 0 Å². The van der Waals surface area contributed by atoms with Crippen molar-refractivity contribution in [2.24, 2.45) is 0 Å². The highest BCUT2D eigenvalue weighted by Crippen LogP contribution is 2.14. The van der Waals surface area contributed by atoms with E-state index in [1.54, 1.807) is 0 Å². The standard InChI is InChI=1S/C8H15NO/c1-2-3-7-4-5-8(6-10)9-7/h2,7-10H,1,3-6H2/t7-,8+/m1/s1. The zero-order chi connectivity index (χ0) is 7.40. The van der Waals surface area contributed by atoms with Crippen LogP contribution in [0.25, 0.3) is 0 Å². The van der Waals surface area contributed by atoms with Crippen LogP contribution in [0.2, 0.25) is 0 Å². The predicted octanol–water partition coefficient (Wildman–Crippen LogP) is 0.675. The summed E-state index contributed by atoms with van der Waals surface area (Å²) < 4.78 is 0. The van der Waals surface area contributed by atoms with Crippen molar-refractivity contribution >= 4 is 0 Å². The number of aliphatic hydroxyl groups excluding tert-OH is 1. The summed E-state index contributed by atoms with van der Waals surface area (Å²) in [7, 11) is 0. The fourth-order valence-corrected chi connectivity index (χ4v) is 1.43. The molecule has 0 spiro atoms. The molecule has 1 aliphatic heterocycles. The Balaban J connectivity index is 2.21. The summed E-state index contributed by atoms with van der Waals surface area (Å²) in [6, 6.07) is 0.902. The molecule has 0 amide bonds. The third kappa shape index (κ3) is 1.82. The first-order valence-corrected chi connectivity index (χ1v) is 3.84. The van der Waals surface area contributed by atoms with Gasteiger partial charge in [0.05, 0.1) is 6.61 Å². The van der Waals surface area contributed by atoms with E-state index in [0.717, 1.165) is 12.8 Å². The van der Waals surface area contributed by atoms with E-state index in [1.807, 2.05) is 6.08 Å². The van der Waals surface area contributed by atoms with Crippen LogP contribution in [0.15, 0.2) is 12.7 Å². The maximum absolute atomic E-state index is 8.76. The molecular formula is C8H15NO. The lowest BCUT2D eigenvalue weighted by Gasteiger charge is -2.09. The quantitative estimate of drug-likeness (QED) is 0.566. The molecule has 2 N–H and O–H groups in total. The lowest BCUT2D eigenvalue weighted by atomic mass is 10.1. The van der Waals surface area contributed by atoms with Gasteiger partial charge in [0.2, 0.25) is 0 Å². The van der Waals surface area contributed by atoms with Crippen molar-refractivity contribution in [3.63, 3.8) is 0 Å². The van der Waals surface area contributed by atoms with Gasteiger partial charge < -0.3 is 10.4 Å². The average Bonchev–Trinajstić information content (AvgIpc) is 2.37. The van der Waals surface area contributed by atoms with Crippen LogP contribution >= 0.6 is 0 Å². The molecule has 1 rings (SSSR count). The van der Waals surface area contributed by atoms with Crippen LogP contribution in [0, 0.1) is 0 Å². The van der Waals surface area contributed by atoms with Gasteiger partial charge >= 0.3 is 0 Å². The topological polar surface area (TPSA) is 32.3 Å². The molecule has 10 heavy (non-hydrogen) atoms. The molecule has 1 heterocycles. The van der Waals surface area contributed by atoms with Crippen molar-refractivity contribution in [1.29, 1.82) is 0 Å². The summed E-state index contributed by atoms with van der Waals surface area (Å²) in [6.07, 6.45) is 5.24. The number of hydrogen-bond donors (Lipinski definition) is 2. The lowest BCUT2D eigenvalue weighted by molar-refractivity contribution is 0.251. The maximum Gasteiger partial charge on any atom is 0.0584 e. The van der Waals surface area contributed by atoms with Crippen molar-refractivity contribution in [2.45, 2.75) is 31.3 Å². The first-order chi connectivity index (χ1) is 4.86. The number of nitrogens with one attached hydrogen (secondary N) is 1. The normalized spacial score (nSPS) is 32.5. The van der Waals surface area contributed by atoms with Crippen LogP contribution in [-0.2, 0) is 0 Å². The van der Waals surface area contributed by atoms with Gasteiger partial charge in [-0.25, -0.2) is 0 Å². The van der Waals surface area contributed by atoms with Gasteiger partial charge in [-0.05, 0) is 19.3 Å². The third-order valence-corrected chi connectivity index (χ3v) is 2.01. The first kappa shape index (κ1) is 7.76. The smallest absolute Gasteiger partial charge is 0.0584 e. The second-order valence-corrected chi connectivity index (χ2v) is 2.84. The van der Waals surface area contributed by atoms with Crippen LogP contribution in [0.4, 0.5) is 0 Å². The second kappa shape index (κ2) is 3.74. The Morgan fingerprint density at radius 2 is 2.20 bits per heavy atom. The van der Waals surface area contributed by atoms with Crippen LogP contribution in [0.5, 0.6) is 0 Å². The highest BCUT2D eigenvalue weighted by molar-refractivity contribution is 4.87. The first-order valence-electron chi connectivity index (χ1n) is 3.84. The zero-order valence-corrected chi connectivity index (χ0v) is 6.21. The zero-order valence-electron chi connectivity index (χ0n) is 6.21. The molecule has 0 aromatic heterocycles. The Hall–Kier alpha value is -0.340. The van der Waals surface area contributed by atoms with Crippen LogP contribution in [0.3, 0.4) is 0 Å². The summed E-state index contributed by atoms with van der Waals surface area (Å²) in [6.45, 7) is 3.94. The fraction of sp³-hybridized carbons (Fsp3) is 0.750. The van der Waals surface area contributed by atoms with Gasteiger partial charge in [-0.3, -0.25) is 0 Å². The van der Waals surface area contributed by atoms with E-state index in [2.05, 4.69) is 11.9 Å². The molecule has 0 aliphatic carbocycles. The summed E-state index contributed by atoms with van der Waals surface area (Å²) >= 11 is 0. The molecule has 2 heteroatoms. The SMILES string of the molecule is C=CC[C@@H]1CC[C@@H](CO)N1. The molecule has 0 aromatic carbocycles. The Labute approximate surface area is 61.9 Å². The van der Waals surface area contributed by atoms with Gasteiger partial charge in [0.1, 0.15) is 0 Å². The molecule has 0 aromatic rings. The highest BCUT2D eigenvalue weighted by atomic mass is 16.3. The number of rotatable bonds is 3. The van der Waals surface area contributed by atoms with Gasteiger partial charge in [0, 0.05) is 12.1 Å². The monoisotopic (exact) mass is 141 g/mol. The average molecular weight is 141 g/mol. The Kier molecular flexibility index (Phi) is 2.90. The fourth-order valence-electron chi connectivity index (χ4n) is 1.43. The minimum Gasteiger partial charge on any atom is -0.395 e. The third-order valence-electron chi connectivity index (χ3n) is 2.01. The molecule has 0 bridgehead atoms. The van der Waals surface area contributed by atoms with Crippen molar-refractivity contribution in [1.82, 2.24) is 5.32 Å². The number of hydrogen-bond acceptors (Lipinski definition) is 2. The van der Waals surface area contributed by atoms with Crippen LogP contribution in [-0.4, -0.2) is 23.8 Å². The van der Waals surface area contributed by atoms with Gasteiger partial charge in [-0.15, -0.1) is 6.58 Å². The summed E-state index contributed by atoms with van der Waals surface area (Å²) in [4.78, 5) is 0. The molecule has 0 radical (unpaired) electrons.